The molecule has 1 aliphatic heterocycles. The van der Waals surface area contributed by atoms with E-state index < -0.39 is 0 Å². The molecule has 36 heavy (non-hydrogen) atoms. The fourth-order valence-electron chi connectivity index (χ4n) is 5.25. The van der Waals surface area contributed by atoms with Crippen molar-refractivity contribution in [3.63, 3.8) is 0 Å². The van der Waals surface area contributed by atoms with Crippen LogP contribution in [0, 0.1) is 13.8 Å². The van der Waals surface area contributed by atoms with Gasteiger partial charge in [-0.3, -0.25) is 4.79 Å². The Hall–Kier alpha value is -3.60. The maximum Gasteiger partial charge on any atom is 0.223 e. The van der Waals surface area contributed by atoms with E-state index in [-0.39, 0.29) is 17.9 Å². The summed E-state index contributed by atoms with van der Waals surface area (Å²) >= 11 is 0. The van der Waals surface area contributed by atoms with Crippen LogP contribution in [0.25, 0.3) is 11.0 Å². The van der Waals surface area contributed by atoms with E-state index >= 15 is 0 Å². The molecule has 0 N–H and O–H groups in total. The van der Waals surface area contributed by atoms with Gasteiger partial charge in [0.05, 0.1) is 23.7 Å². The third kappa shape index (κ3) is 5.01. The molecule has 1 fully saturated rings. The van der Waals surface area contributed by atoms with Crippen LogP contribution in [0.3, 0.4) is 0 Å². The van der Waals surface area contributed by atoms with Crippen LogP contribution in [-0.4, -0.2) is 33.5 Å². The summed E-state index contributed by atoms with van der Waals surface area (Å²) < 4.78 is 8.41. The fraction of sp³-hybridized carbons (Fsp3) is 0.355. The Morgan fingerprint density at radius 1 is 1.00 bits per heavy atom. The lowest BCUT2D eigenvalue weighted by Gasteiger charge is -2.25. The molecule has 5 nitrogen and oxygen atoms in total. The number of nitrogens with zero attached hydrogens (tertiary/aromatic N) is 3. The quantitative estimate of drug-likeness (QED) is 0.253. The number of likely N-dealkylation sites (tertiary alicyclic amines) is 1. The topological polar surface area (TPSA) is 47.4 Å². The van der Waals surface area contributed by atoms with Crippen LogP contribution in [0.1, 0.15) is 60.7 Å². The smallest absolute Gasteiger partial charge is 0.223 e. The molecule has 0 saturated carbocycles. The number of carbonyl (C=O) groups is 1. The summed E-state index contributed by atoms with van der Waals surface area (Å²) in [5.74, 6) is 2.31. The number of hydrogen-bond donors (Lipinski definition) is 0. The second-order valence-corrected chi connectivity index (χ2v) is 9.97. The lowest BCUT2D eigenvalue weighted by molar-refractivity contribution is -0.129. The Morgan fingerprint density at radius 3 is 2.61 bits per heavy atom. The normalized spacial score (nSPS) is 16.6. The van der Waals surface area contributed by atoms with Gasteiger partial charge in [0.2, 0.25) is 5.91 Å². The van der Waals surface area contributed by atoms with Crippen molar-refractivity contribution in [1.29, 1.82) is 0 Å². The van der Waals surface area contributed by atoms with Crippen LogP contribution in [0.5, 0.6) is 5.75 Å². The number of aryl methyl sites for hydroxylation is 3. The lowest BCUT2D eigenvalue weighted by atomic mass is 10.1. The number of amides is 1. The van der Waals surface area contributed by atoms with Crippen molar-refractivity contribution >= 4 is 16.9 Å². The number of fused-ring (bicyclic) bond motifs is 1. The average Bonchev–Trinajstić information content (AvgIpc) is 3.46. The van der Waals surface area contributed by atoms with E-state index in [1.807, 2.05) is 29.2 Å². The molecule has 1 aliphatic rings. The molecule has 3 aromatic carbocycles. The Kier molecular flexibility index (Phi) is 7.08. The highest BCUT2D eigenvalue weighted by atomic mass is 16.5. The minimum Gasteiger partial charge on any atom is -0.493 e. The molecule has 5 rings (SSSR count). The highest BCUT2D eigenvalue weighted by molar-refractivity contribution is 5.81. The third-order valence-electron chi connectivity index (χ3n) is 7.33. The molecular formula is C31H35N3O2. The largest absolute Gasteiger partial charge is 0.493 e. The lowest BCUT2D eigenvalue weighted by Crippen LogP contribution is -2.28. The first-order chi connectivity index (χ1) is 17.5. The first kappa shape index (κ1) is 24.1. The molecule has 1 saturated heterocycles. The van der Waals surface area contributed by atoms with E-state index in [1.165, 1.54) is 16.7 Å². The molecule has 4 aromatic rings. The number of carbonyl (C=O) groups excluding carboxylic acids is 1. The van der Waals surface area contributed by atoms with Gasteiger partial charge < -0.3 is 14.2 Å². The average molecular weight is 482 g/mol. The van der Waals surface area contributed by atoms with Crippen LogP contribution in [0.4, 0.5) is 0 Å². The maximum absolute atomic E-state index is 13.1. The molecule has 2 heterocycles. The standard InChI is InChI=1S/C31H35N3O2/c1-22-15-16-23(2)29(19-22)36-18-10-9-17-33-28-14-8-7-13-27(28)32-31(33)26-20-30(35)34(21-26)24(3)25-11-5-4-6-12-25/h4-8,11-16,19,24,26H,9-10,17-18,20-21H2,1-3H3. The van der Waals surface area contributed by atoms with Crippen molar-refractivity contribution in [3.05, 3.63) is 95.3 Å². The number of ether oxygens (including phenoxy) is 1. The highest BCUT2D eigenvalue weighted by Crippen LogP contribution is 2.35. The van der Waals surface area contributed by atoms with E-state index in [0.717, 1.165) is 42.0 Å². The summed E-state index contributed by atoms with van der Waals surface area (Å²) in [7, 11) is 0. The van der Waals surface area contributed by atoms with Gasteiger partial charge in [0.15, 0.2) is 0 Å². The molecule has 0 aliphatic carbocycles. The molecule has 0 bridgehead atoms. The second-order valence-electron chi connectivity index (χ2n) is 9.97. The molecule has 5 heteroatoms. The van der Waals surface area contributed by atoms with Crippen molar-refractivity contribution in [1.82, 2.24) is 14.5 Å². The number of aromatic nitrogens is 2. The van der Waals surface area contributed by atoms with Crippen LogP contribution in [0.15, 0.2) is 72.8 Å². The monoisotopic (exact) mass is 481 g/mol. The minimum absolute atomic E-state index is 0.0590. The van der Waals surface area contributed by atoms with Gasteiger partial charge in [-0.1, -0.05) is 54.6 Å². The summed E-state index contributed by atoms with van der Waals surface area (Å²) in [5, 5.41) is 0. The van der Waals surface area contributed by atoms with Gasteiger partial charge in [0.1, 0.15) is 11.6 Å². The highest BCUT2D eigenvalue weighted by Gasteiger charge is 2.36. The number of unbranched alkanes of at least 4 members (excludes halogenated alkanes) is 1. The van der Waals surface area contributed by atoms with Crippen LogP contribution < -0.4 is 4.74 Å². The van der Waals surface area contributed by atoms with E-state index in [4.69, 9.17) is 9.72 Å². The minimum atomic E-state index is 0.0590. The number of rotatable bonds is 9. The predicted molar refractivity (Wildman–Crippen MR) is 144 cm³/mol. The Morgan fingerprint density at radius 2 is 1.78 bits per heavy atom. The zero-order valence-corrected chi connectivity index (χ0v) is 21.5. The third-order valence-corrected chi connectivity index (χ3v) is 7.33. The zero-order chi connectivity index (χ0) is 25.1. The molecule has 2 unspecified atom stereocenters. The van der Waals surface area contributed by atoms with Gasteiger partial charge in [-0.25, -0.2) is 4.98 Å². The van der Waals surface area contributed by atoms with Gasteiger partial charge in [-0.2, -0.15) is 0 Å². The fourth-order valence-corrected chi connectivity index (χ4v) is 5.25. The van der Waals surface area contributed by atoms with Crippen LogP contribution in [-0.2, 0) is 11.3 Å². The summed E-state index contributed by atoms with van der Waals surface area (Å²) in [4.78, 5) is 20.1. The summed E-state index contributed by atoms with van der Waals surface area (Å²) in [6.07, 6.45) is 2.46. The Labute approximate surface area is 213 Å². The Bertz CT molecular complexity index is 1340. The van der Waals surface area contributed by atoms with E-state index in [1.54, 1.807) is 0 Å². The summed E-state index contributed by atoms with van der Waals surface area (Å²) in [6, 6.07) is 25.0. The number of imidazole rings is 1. The molecular weight excluding hydrogens is 446 g/mol. The van der Waals surface area contributed by atoms with Crippen molar-refractivity contribution < 1.29 is 9.53 Å². The molecule has 2 atom stereocenters. The first-order valence-electron chi connectivity index (χ1n) is 13.0. The first-order valence-corrected chi connectivity index (χ1v) is 13.0. The van der Waals surface area contributed by atoms with Crippen molar-refractivity contribution in [2.24, 2.45) is 0 Å². The SMILES string of the molecule is Cc1ccc(C)c(OCCCCn2c(C3CC(=O)N(C(C)c4ccccc4)C3)nc3ccccc32)c1. The van der Waals surface area contributed by atoms with Gasteiger partial charge in [0.25, 0.3) is 0 Å². The van der Waals surface area contributed by atoms with Crippen molar-refractivity contribution in [2.75, 3.05) is 13.2 Å². The van der Waals surface area contributed by atoms with Gasteiger partial charge in [-0.05, 0) is 68.5 Å². The van der Waals surface area contributed by atoms with Crippen molar-refractivity contribution in [3.8, 4) is 5.75 Å². The molecule has 186 valence electrons. The van der Waals surface area contributed by atoms with E-state index in [0.29, 0.717) is 19.6 Å². The zero-order valence-electron chi connectivity index (χ0n) is 21.5. The predicted octanol–water partition coefficient (Wildman–Crippen LogP) is 6.59. The number of hydrogen-bond acceptors (Lipinski definition) is 3. The van der Waals surface area contributed by atoms with Gasteiger partial charge >= 0.3 is 0 Å². The maximum atomic E-state index is 13.1. The Balaban J connectivity index is 1.28. The summed E-state index contributed by atoms with van der Waals surface area (Å²) in [6.45, 7) is 8.56. The van der Waals surface area contributed by atoms with Crippen molar-refractivity contribution in [2.45, 2.75) is 58.5 Å². The molecule has 0 spiro atoms. The van der Waals surface area contributed by atoms with Gasteiger partial charge in [-0.15, -0.1) is 0 Å². The van der Waals surface area contributed by atoms with Gasteiger partial charge in [0, 0.05) is 25.4 Å². The van der Waals surface area contributed by atoms with Crippen LogP contribution >= 0.6 is 0 Å². The molecule has 1 aromatic heterocycles. The van der Waals surface area contributed by atoms with Crippen LogP contribution in [0.2, 0.25) is 0 Å². The summed E-state index contributed by atoms with van der Waals surface area (Å²) in [5.41, 5.74) is 5.70. The number of para-hydroxylation sites is 2. The number of benzene rings is 3. The second kappa shape index (κ2) is 10.6. The molecule has 0 radical (unpaired) electrons. The van der Waals surface area contributed by atoms with E-state index in [9.17, 15) is 4.79 Å². The molecule has 1 amide bonds. The van der Waals surface area contributed by atoms with E-state index in [2.05, 4.69) is 73.9 Å².